The van der Waals surface area contributed by atoms with E-state index in [0.29, 0.717) is 24.3 Å². The topological polar surface area (TPSA) is 38.7 Å². The van der Waals surface area contributed by atoms with Crippen molar-refractivity contribution in [2.45, 2.75) is 6.92 Å². The Morgan fingerprint density at radius 3 is 2.92 bits per heavy atom. The second-order valence-electron chi connectivity index (χ2n) is 2.31. The average Bonchev–Trinajstić information content (AvgIpc) is 2.17. The van der Waals surface area contributed by atoms with Gasteiger partial charge in [-0.05, 0) is 19.1 Å². The molecule has 0 spiro atoms. The number of carbonyl (C=O) groups is 1. The van der Waals surface area contributed by atoms with E-state index in [2.05, 4.69) is 4.99 Å². The number of rotatable bonds is 4. The average molecular weight is 177 g/mol. The van der Waals surface area contributed by atoms with Crippen LogP contribution in [0.5, 0.6) is 5.75 Å². The molecule has 68 valence electrons. The van der Waals surface area contributed by atoms with Crippen LogP contribution >= 0.6 is 0 Å². The molecule has 0 radical (unpaired) electrons. The summed E-state index contributed by atoms with van der Waals surface area (Å²) in [6, 6.07) is 7.33. The zero-order valence-corrected chi connectivity index (χ0v) is 7.43. The van der Waals surface area contributed by atoms with Crippen LogP contribution in [0.4, 0.5) is 5.69 Å². The van der Waals surface area contributed by atoms with Crippen molar-refractivity contribution in [1.82, 2.24) is 0 Å². The highest BCUT2D eigenvalue weighted by Crippen LogP contribution is 2.25. The van der Waals surface area contributed by atoms with E-state index in [1.165, 1.54) is 6.21 Å². The largest absolute Gasteiger partial charge is 0.492 e. The van der Waals surface area contributed by atoms with Gasteiger partial charge < -0.3 is 4.74 Å². The van der Waals surface area contributed by atoms with E-state index >= 15 is 0 Å². The maximum atomic E-state index is 10.1. The lowest BCUT2D eigenvalue weighted by Crippen LogP contribution is -1.91. The van der Waals surface area contributed by atoms with Gasteiger partial charge in [0.1, 0.15) is 11.4 Å². The van der Waals surface area contributed by atoms with Gasteiger partial charge >= 0.3 is 0 Å². The molecule has 0 aliphatic carbocycles. The summed E-state index contributed by atoms with van der Waals surface area (Å²) in [5.74, 6) is 0.697. The van der Waals surface area contributed by atoms with Gasteiger partial charge in [-0.1, -0.05) is 12.1 Å². The van der Waals surface area contributed by atoms with Crippen molar-refractivity contribution < 1.29 is 9.53 Å². The van der Waals surface area contributed by atoms with Crippen molar-refractivity contribution in [3.8, 4) is 5.75 Å². The lowest BCUT2D eigenvalue weighted by Gasteiger charge is -2.04. The predicted octanol–water partition coefficient (Wildman–Crippen LogP) is 1.99. The van der Waals surface area contributed by atoms with E-state index in [4.69, 9.17) is 4.74 Å². The Labute approximate surface area is 77.1 Å². The number of para-hydroxylation sites is 2. The van der Waals surface area contributed by atoms with Crippen molar-refractivity contribution in [3.05, 3.63) is 24.3 Å². The minimum Gasteiger partial charge on any atom is -0.492 e. The van der Waals surface area contributed by atoms with Gasteiger partial charge in [-0.3, -0.25) is 4.79 Å². The van der Waals surface area contributed by atoms with Gasteiger partial charge in [0.05, 0.1) is 12.8 Å². The molecule has 0 amide bonds. The van der Waals surface area contributed by atoms with Crippen molar-refractivity contribution >= 4 is 18.2 Å². The fourth-order valence-electron chi connectivity index (χ4n) is 0.952. The van der Waals surface area contributed by atoms with Crippen molar-refractivity contribution in [1.29, 1.82) is 0 Å². The number of benzene rings is 1. The molecule has 0 heterocycles. The van der Waals surface area contributed by atoms with E-state index in [1.807, 2.05) is 25.1 Å². The number of hydrogen-bond donors (Lipinski definition) is 0. The Bertz CT molecular complexity index is 308. The SMILES string of the molecule is CCOc1ccccc1N=CC=O. The fraction of sp³-hybridized carbons (Fsp3) is 0.200. The molecule has 0 aliphatic rings. The van der Waals surface area contributed by atoms with Crippen LogP contribution in [0.2, 0.25) is 0 Å². The van der Waals surface area contributed by atoms with Gasteiger partial charge in [-0.2, -0.15) is 0 Å². The second-order valence-corrected chi connectivity index (χ2v) is 2.31. The first-order chi connectivity index (χ1) is 6.38. The van der Waals surface area contributed by atoms with Crippen molar-refractivity contribution in [3.63, 3.8) is 0 Å². The highest BCUT2D eigenvalue weighted by Gasteiger charge is 1.97. The quantitative estimate of drug-likeness (QED) is 0.521. The number of aldehydes is 1. The Morgan fingerprint density at radius 2 is 2.23 bits per heavy atom. The Balaban J connectivity index is 2.90. The van der Waals surface area contributed by atoms with Gasteiger partial charge in [0.2, 0.25) is 0 Å². The summed E-state index contributed by atoms with van der Waals surface area (Å²) in [7, 11) is 0. The molecule has 1 aromatic carbocycles. The fourth-order valence-corrected chi connectivity index (χ4v) is 0.952. The van der Waals surface area contributed by atoms with Gasteiger partial charge in [0, 0.05) is 0 Å². The Kier molecular flexibility index (Phi) is 3.70. The third-order valence-electron chi connectivity index (χ3n) is 1.44. The van der Waals surface area contributed by atoms with E-state index in [0.717, 1.165) is 0 Å². The summed E-state index contributed by atoms with van der Waals surface area (Å²) < 4.78 is 5.30. The lowest BCUT2D eigenvalue weighted by molar-refractivity contribution is -0.102. The molecule has 0 saturated heterocycles. The summed E-state index contributed by atoms with van der Waals surface area (Å²) in [5, 5.41) is 0. The van der Waals surface area contributed by atoms with Crippen LogP contribution in [0.25, 0.3) is 0 Å². The standard InChI is InChI=1S/C10H11NO2/c1-2-13-10-6-4-3-5-9(10)11-7-8-12/h3-8H,2H2,1H3. The zero-order chi connectivity index (χ0) is 9.52. The van der Waals surface area contributed by atoms with Crippen LogP contribution in [0.3, 0.4) is 0 Å². The molecule has 3 nitrogen and oxygen atoms in total. The predicted molar refractivity (Wildman–Crippen MR) is 51.8 cm³/mol. The summed E-state index contributed by atoms with van der Waals surface area (Å²) in [6.45, 7) is 2.49. The molecule has 0 aromatic heterocycles. The summed E-state index contributed by atoms with van der Waals surface area (Å²) in [6.07, 6.45) is 1.85. The smallest absolute Gasteiger partial charge is 0.161 e. The van der Waals surface area contributed by atoms with E-state index in [1.54, 1.807) is 6.07 Å². The van der Waals surface area contributed by atoms with E-state index < -0.39 is 0 Å². The molecular weight excluding hydrogens is 166 g/mol. The van der Waals surface area contributed by atoms with E-state index in [9.17, 15) is 4.79 Å². The first-order valence-corrected chi connectivity index (χ1v) is 4.08. The molecule has 0 saturated carbocycles. The molecule has 1 aromatic rings. The molecule has 3 heteroatoms. The number of ether oxygens (including phenoxy) is 1. The first kappa shape index (κ1) is 9.45. The summed E-state index contributed by atoms with van der Waals surface area (Å²) in [4.78, 5) is 14.0. The van der Waals surface area contributed by atoms with Crippen LogP contribution in [-0.2, 0) is 4.79 Å². The highest BCUT2D eigenvalue weighted by atomic mass is 16.5. The lowest BCUT2D eigenvalue weighted by atomic mass is 10.3. The number of carbonyl (C=O) groups excluding carboxylic acids is 1. The first-order valence-electron chi connectivity index (χ1n) is 4.08. The summed E-state index contributed by atoms with van der Waals surface area (Å²) in [5.41, 5.74) is 0.677. The third-order valence-corrected chi connectivity index (χ3v) is 1.44. The van der Waals surface area contributed by atoms with Crippen LogP contribution < -0.4 is 4.74 Å². The normalized spacial score (nSPS) is 10.2. The maximum absolute atomic E-state index is 10.1. The van der Waals surface area contributed by atoms with E-state index in [-0.39, 0.29) is 0 Å². The van der Waals surface area contributed by atoms with Crippen LogP contribution in [0.1, 0.15) is 6.92 Å². The number of hydrogen-bond acceptors (Lipinski definition) is 3. The second kappa shape index (κ2) is 5.09. The summed E-state index contributed by atoms with van der Waals surface area (Å²) >= 11 is 0. The molecule has 0 atom stereocenters. The van der Waals surface area contributed by atoms with Gasteiger partial charge in [-0.25, -0.2) is 4.99 Å². The molecular formula is C10H11NO2. The van der Waals surface area contributed by atoms with Crippen LogP contribution in [0.15, 0.2) is 29.3 Å². The van der Waals surface area contributed by atoms with Crippen molar-refractivity contribution in [2.75, 3.05) is 6.61 Å². The minimum atomic E-state index is 0.591. The molecule has 0 bridgehead atoms. The maximum Gasteiger partial charge on any atom is 0.161 e. The minimum absolute atomic E-state index is 0.591. The number of nitrogens with zero attached hydrogens (tertiary/aromatic N) is 1. The van der Waals surface area contributed by atoms with Gasteiger partial charge in [-0.15, -0.1) is 0 Å². The Hall–Kier alpha value is -1.64. The monoisotopic (exact) mass is 177 g/mol. The van der Waals surface area contributed by atoms with Gasteiger partial charge in [0.25, 0.3) is 0 Å². The number of aliphatic imine (C=N–C) groups is 1. The molecule has 0 fully saturated rings. The molecule has 0 aliphatic heterocycles. The highest BCUT2D eigenvalue weighted by molar-refractivity contribution is 6.13. The molecule has 0 N–H and O–H groups in total. The van der Waals surface area contributed by atoms with Crippen LogP contribution in [0, 0.1) is 0 Å². The Morgan fingerprint density at radius 1 is 1.46 bits per heavy atom. The molecule has 1 rings (SSSR count). The van der Waals surface area contributed by atoms with Crippen LogP contribution in [-0.4, -0.2) is 19.1 Å². The van der Waals surface area contributed by atoms with Crippen molar-refractivity contribution in [2.24, 2.45) is 4.99 Å². The molecule has 13 heavy (non-hydrogen) atoms. The molecule has 0 unspecified atom stereocenters. The zero-order valence-electron chi connectivity index (χ0n) is 7.43. The third kappa shape index (κ3) is 2.71. The van der Waals surface area contributed by atoms with Gasteiger partial charge in [0.15, 0.2) is 6.29 Å².